The highest BCUT2D eigenvalue weighted by atomic mass is 16.6. The lowest BCUT2D eigenvalue weighted by atomic mass is 9.99. The third kappa shape index (κ3) is 7.75. The molecule has 0 spiro atoms. The number of rotatable bonds is 9. The summed E-state index contributed by atoms with van der Waals surface area (Å²) in [4.78, 5) is 25.2. The van der Waals surface area contributed by atoms with E-state index in [1.165, 1.54) is 5.01 Å². The first-order valence-electron chi connectivity index (χ1n) is 10.1. The van der Waals surface area contributed by atoms with Crippen LogP contribution in [0.1, 0.15) is 37.8 Å². The highest BCUT2D eigenvalue weighted by molar-refractivity contribution is 5.74. The van der Waals surface area contributed by atoms with E-state index in [9.17, 15) is 14.7 Å². The van der Waals surface area contributed by atoms with Crippen molar-refractivity contribution in [2.45, 2.75) is 45.9 Å². The molecule has 2 N–H and O–H groups in total. The van der Waals surface area contributed by atoms with Gasteiger partial charge in [-0.25, -0.2) is 20.0 Å². The second-order valence-corrected chi connectivity index (χ2v) is 7.26. The topological polar surface area (TPSA) is 88.1 Å². The Hall–Kier alpha value is -3.06. The normalized spacial score (nSPS) is 11.6. The number of nitrogens with one attached hydrogen (secondary N) is 1. The Kier molecular flexibility index (Phi) is 9.67. The van der Waals surface area contributed by atoms with Crippen molar-refractivity contribution in [3.05, 3.63) is 71.8 Å². The summed E-state index contributed by atoms with van der Waals surface area (Å²) in [5.41, 5.74) is 4.21. The molecule has 2 aromatic rings. The molecule has 162 valence electrons. The summed E-state index contributed by atoms with van der Waals surface area (Å²) in [7, 11) is 0. The van der Waals surface area contributed by atoms with E-state index in [4.69, 9.17) is 9.47 Å². The van der Waals surface area contributed by atoms with E-state index in [-0.39, 0.29) is 31.8 Å². The van der Waals surface area contributed by atoms with Crippen molar-refractivity contribution in [1.29, 1.82) is 0 Å². The molecule has 0 saturated heterocycles. The second kappa shape index (κ2) is 12.5. The summed E-state index contributed by atoms with van der Waals surface area (Å²) >= 11 is 0. The number of carbonyl (C=O) groups excluding carboxylic acids is 2. The Morgan fingerprint density at radius 1 is 0.933 bits per heavy atom. The van der Waals surface area contributed by atoms with E-state index in [0.717, 1.165) is 11.1 Å². The maximum atomic E-state index is 12.8. The quantitative estimate of drug-likeness (QED) is 0.599. The molecule has 2 aromatic carbocycles. The average molecular weight is 415 g/mol. The first-order valence-corrected chi connectivity index (χ1v) is 10.1. The van der Waals surface area contributed by atoms with Gasteiger partial charge in [0.2, 0.25) is 0 Å². The zero-order chi connectivity index (χ0) is 21.8. The smallest absolute Gasteiger partial charge is 0.429 e. The summed E-state index contributed by atoms with van der Waals surface area (Å²) in [6, 6.07) is 18.2. The van der Waals surface area contributed by atoms with Crippen LogP contribution in [-0.4, -0.2) is 35.0 Å². The van der Waals surface area contributed by atoms with Crippen molar-refractivity contribution in [2.75, 3.05) is 6.61 Å². The molecule has 7 nitrogen and oxygen atoms in total. The highest BCUT2D eigenvalue weighted by Crippen LogP contribution is 2.17. The zero-order valence-electron chi connectivity index (χ0n) is 17.5. The Labute approximate surface area is 177 Å². The fraction of sp³-hybridized carbons (Fsp3) is 0.391. The number of benzene rings is 2. The number of nitrogens with zero attached hydrogens (tertiary/aromatic N) is 1. The lowest BCUT2D eigenvalue weighted by Crippen LogP contribution is -2.54. The van der Waals surface area contributed by atoms with Gasteiger partial charge in [0.15, 0.2) is 0 Å². The van der Waals surface area contributed by atoms with Gasteiger partial charge in [0.1, 0.15) is 13.2 Å². The average Bonchev–Trinajstić information content (AvgIpc) is 2.76. The standard InChI is InChI=1S/C23H30N2O5/c1-18(2)21(14-9-15-26)25(23(28)30-17-20-12-7-4-8-13-20)24-22(27)29-16-19-10-5-3-6-11-19/h3-8,10-13,18,21,26H,9,14-17H2,1-2H3,(H,24,27). The monoisotopic (exact) mass is 414 g/mol. The van der Waals surface area contributed by atoms with E-state index in [1.54, 1.807) is 0 Å². The molecule has 0 aliphatic heterocycles. The number of carbonyl (C=O) groups is 2. The minimum absolute atomic E-state index is 0.00538. The van der Waals surface area contributed by atoms with Gasteiger partial charge in [0, 0.05) is 6.61 Å². The number of hydrazine groups is 1. The van der Waals surface area contributed by atoms with Crippen LogP contribution >= 0.6 is 0 Å². The van der Waals surface area contributed by atoms with Crippen LogP contribution in [-0.2, 0) is 22.7 Å². The highest BCUT2D eigenvalue weighted by Gasteiger charge is 2.29. The maximum Gasteiger partial charge on any atom is 0.429 e. The third-order valence-electron chi connectivity index (χ3n) is 4.59. The van der Waals surface area contributed by atoms with Gasteiger partial charge in [-0.05, 0) is 29.9 Å². The molecular formula is C23H30N2O5. The van der Waals surface area contributed by atoms with Gasteiger partial charge in [0.05, 0.1) is 6.04 Å². The molecule has 0 bridgehead atoms. The molecule has 1 unspecified atom stereocenters. The largest absolute Gasteiger partial charge is 0.443 e. The van der Waals surface area contributed by atoms with Gasteiger partial charge in [0.25, 0.3) is 0 Å². The first kappa shape index (κ1) is 23.2. The van der Waals surface area contributed by atoms with Crippen LogP contribution in [0.2, 0.25) is 0 Å². The minimum Gasteiger partial charge on any atom is -0.443 e. The SMILES string of the molecule is CC(C)C(CCCO)N(NC(=O)OCc1ccccc1)C(=O)OCc1ccccc1. The van der Waals surface area contributed by atoms with Gasteiger partial charge in [-0.1, -0.05) is 74.5 Å². The number of ether oxygens (including phenoxy) is 2. The summed E-state index contributed by atoms with van der Waals surface area (Å²) < 4.78 is 10.7. The van der Waals surface area contributed by atoms with Crippen LogP contribution in [0.3, 0.4) is 0 Å². The van der Waals surface area contributed by atoms with Gasteiger partial charge < -0.3 is 14.6 Å². The summed E-state index contributed by atoms with van der Waals surface area (Å²) in [5.74, 6) is 0.0234. The van der Waals surface area contributed by atoms with Crippen molar-refractivity contribution >= 4 is 12.2 Å². The van der Waals surface area contributed by atoms with E-state index >= 15 is 0 Å². The van der Waals surface area contributed by atoms with Gasteiger partial charge in [-0.3, -0.25) is 0 Å². The Morgan fingerprint density at radius 3 is 1.97 bits per heavy atom. The van der Waals surface area contributed by atoms with Crippen molar-refractivity contribution in [3.8, 4) is 0 Å². The number of aliphatic hydroxyl groups excluding tert-OH is 1. The zero-order valence-corrected chi connectivity index (χ0v) is 17.5. The molecule has 7 heteroatoms. The predicted molar refractivity (Wildman–Crippen MR) is 113 cm³/mol. The van der Waals surface area contributed by atoms with Crippen LogP contribution in [0.5, 0.6) is 0 Å². The molecule has 0 aromatic heterocycles. The molecule has 0 saturated carbocycles. The van der Waals surface area contributed by atoms with Gasteiger partial charge >= 0.3 is 12.2 Å². The van der Waals surface area contributed by atoms with Crippen LogP contribution in [0.25, 0.3) is 0 Å². The fourth-order valence-corrected chi connectivity index (χ4v) is 2.97. The number of hydrogen-bond acceptors (Lipinski definition) is 5. The Bertz CT molecular complexity index is 768. The molecular weight excluding hydrogens is 384 g/mol. The number of hydrogen-bond donors (Lipinski definition) is 2. The lowest BCUT2D eigenvalue weighted by Gasteiger charge is -2.33. The van der Waals surface area contributed by atoms with Crippen LogP contribution < -0.4 is 5.43 Å². The predicted octanol–water partition coefficient (Wildman–Crippen LogP) is 4.26. The first-order chi connectivity index (χ1) is 14.5. The molecule has 30 heavy (non-hydrogen) atoms. The summed E-state index contributed by atoms with van der Waals surface area (Å²) in [6.07, 6.45) is -0.420. The van der Waals surface area contributed by atoms with Crippen LogP contribution in [0.15, 0.2) is 60.7 Å². The maximum absolute atomic E-state index is 12.8. The van der Waals surface area contributed by atoms with E-state index < -0.39 is 12.2 Å². The van der Waals surface area contributed by atoms with E-state index in [2.05, 4.69) is 5.43 Å². The molecule has 0 aliphatic carbocycles. The molecule has 1 atom stereocenters. The third-order valence-corrected chi connectivity index (χ3v) is 4.59. The van der Waals surface area contributed by atoms with Crippen LogP contribution in [0, 0.1) is 5.92 Å². The second-order valence-electron chi connectivity index (χ2n) is 7.26. The van der Waals surface area contributed by atoms with Crippen molar-refractivity contribution in [1.82, 2.24) is 10.4 Å². The Balaban J connectivity index is 2.04. The molecule has 2 rings (SSSR count). The van der Waals surface area contributed by atoms with Gasteiger partial charge in [-0.15, -0.1) is 0 Å². The molecule has 0 aliphatic rings. The molecule has 0 radical (unpaired) electrons. The van der Waals surface area contributed by atoms with E-state index in [1.807, 2.05) is 74.5 Å². The van der Waals surface area contributed by atoms with Gasteiger partial charge in [-0.2, -0.15) is 0 Å². The van der Waals surface area contributed by atoms with Crippen LogP contribution in [0.4, 0.5) is 9.59 Å². The molecule has 2 amide bonds. The number of amides is 2. The summed E-state index contributed by atoms with van der Waals surface area (Å²) in [6.45, 7) is 4.05. The lowest BCUT2D eigenvalue weighted by molar-refractivity contribution is 0.0326. The van der Waals surface area contributed by atoms with Crippen molar-refractivity contribution in [3.63, 3.8) is 0 Å². The van der Waals surface area contributed by atoms with Crippen molar-refractivity contribution < 1.29 is 24.2 Å². The van der Waals surface area contributed by atoms with E-state index in [0.29, 0.717) is 12.8 Å². The summed E-state index contributed by atoms with van der Waals surface area (Å²) in [5, 5.41) is 10.4. The Morgan fingerprint density at radius 2 is 1.47 bits per heavy atom. The fourth-order valence-electron chi connectivity index (χ4n) is 2.97. The molecule has 0 fully saturated rings. The van der Waals surface area contributed by atoms with Crippen molar-refractivity contribution in [2.24, 2.45) is 5.92 Å². The molecule has 0 heterocycles. The minimum atomic E-state index is -0.745. The number of aliphatic hydroxyl groups is 1.